The molecule has 0 aliphatic heterocycles. The molecule has 2 nitrogen and oxygen atoms in total. The summed E-state index contributed by atoms with van der Waals surface area (Å²) in [5.41, 5.74) is 1.42. The Balaban J connectivity index is 2.27. The second kappa shape index (κ2) is 6.37. The van der Waals surface area contributed by atoms with Crippen molar-refractivity contribution in [2.75, 3.05) is 11.9 Å². The van der Waals surface area contributed by atoms with Crippen molar-refractivity contribution < 1.29 is 9.50 Å². The van der Waals surface area contributed by atoms with Crippen molar-refractivity contribution >= 4 is 33.2 Å². The number of hydrogen-bond acceptors (Lipinski definition) is 2. The topological polar surface area (TPSA) is 32.3 Å². The molecular formula is C14H12BrClFNO. The zero-order valence-electron chi connectivity index (χ0n) is 9.91. The lowest BCUT2D eigenvalue weighted by atomic mass is 10.1. The Morgan fingerprint density at radius 2 is 2.05 bits per heavy atom. The minimum absolute atomic E-state index is 0.130. The molecule has 0 amide bonds. The lowest BCUT2D eigenvalue weighted by Gasteiger charge is -2.19. The van der Waals surface area contributed by atoms with Crippen LogP contribution in [0, 0.1) is 5.82 Å². The number of benzene rings is 2. The van der Waals surface area contributed by atoms with Crippen LogP contribution < -0.4 is 5.32 Å². The fourth-order valence-corrected chi connectivity index (χ4v) is 2.49. The Morgan fingerprint density at radius 3 is 2.74 bits per heavy atom. The van der Waals surface area contributed by atoms with E-state index in [0.29, 0.717) is 10.7 Å². The number of aliphatic hydroxyl groups excluding tert-OH is 1. The summed E-state index contributed by atoms with van der Waals surface area (Å²) in [6.07, 6.45) is 0. The van der Waals surface area contributed by atoms with Crippen molar-refractivity contribution in [2.24, 2.45) is 0 Å². The van der Waals surface area contributed by atoms with E-state index in [9.17, 15) is 9.50 Å². The lowest BCUT2D eigenvalue weighted by molar-refractivity contribution is 0.276. The number of aliphatic hydroxyl groups is 1. The Bertz CT molecular complexity index is 579. The molecule has 2 aromatic carbocycles. The Kier molecular flexibility index (Phi) is 4.80. The van der Waals surface area contributed by atoms with E-state index in [0.717, 1.165) is 10.0 Å². The first-order valence-corrected chi connectivity index (χ1v) is 6.85. The van der Waals surface area contributed by atoms with Gasteiger partial charge in [-0.3, -0.25) is 0 Å². The van der Waals surface area contributed by atoms with Crippen LogP contribution in [0.5, 0.6) is 0 Å². The number of nitrogens with one attached hydrogen (secondary N) is 1. The molecule has 0 saturated heterocycles. The van der Waals surface area contributed by atoms with E-state index in [4.69, 9.17) is 11.6 Å². The van der Waals surface area contributed by atoms with Crippen LogP contribution in [0.1, 0.15) is 11.6 Å². The summed E-state index contributed by atoms with van der Waals surface area (Å²) in [6.45, 7) is -0.130. The van der Waals surface area contributed by atoms with Crippen molar-refractivity contribution in [1.82, 2.24) is 0 Å². The molecule has 2 aromatic rings. The maximum Gasteiger partial charge on any atom is 0.125 e. The molecule has 0 radical (unpaired) electrons. The summed E-state index contributed by atoms with van der Waals surface area (Å²) in [4.78, 5) is 0. The summed E-state index contributed by atoms with van der Waals surface area (Å²) in [7, 11) is 0. The van der Waals surface area contributed by atoms with Gasteiger partial charge in [0, 0.05) is 15.2 Å². The van der Waals surface area contributed by atoms with Gasteiger partial charge in [-0.25, -0.2) is 4.39 Å². The Labute approximate surface area is 124 Å². The number of rotatable bonds is 4. The third-order valence-electron chi connectivity index (χ3n) is 2.68. The average Bonchev–Trinajstić information content (AvgIpc) is 2.39. The zero-order valence-corrected chi connectivity index (χ0v) is 12.2. The molecule has 0 fully saturated rings. The molecule has 0 saturated carbocycles. The summed E-state index contributed by atoms with van der Waals surface area (Å²) in [5.74, 6) is -0.327. The van der Waals surface area contributed by atoms with E-state index in [1.807, 2.05) is 6.07 Å². The van der Waals surface area contributed by atoms with Gasteiger partial charge in [-0.15, -0.1) is 0 Å². The molecule has 1 atom stereocenters. The minimum Gasteiger partial charge on any atom is -0.394 e. The maximum absolute atomic E-state index is 13.1. The van der Waals surface area contributed by atoms with Crippen LogP contribution in [0.3, 0.4) is 0 Å². The molecule has 19 heavy (non-hydrogen) atoms. The van der Waals surface area contributed by atoms with Crippen molar-refractivity contribution in [1.29, 1.82) is 0 Å². The van der Waals surface area contributed by atoms with E-state index in [2.05, 4.69) is 21.2 Å². The predicted molar refractivity (Wildman–Crippen MR) is 79.0 cm³/mol. The molecule has 2 rings (SSSR count). The van der Waals surface area contributed by atoms with Gasteiger partial charge in [-0.05, 0) is 42.0 Å². The molecule has 1 unspecified atom stereocenters. The molecule has 0 spiro atoms. The molecule has 0 aliphatic rings. The van der Waals surface area contributed by atoms with Crippen LogP contribution in [-0.2, 0) is 0 Å². The predicted octanol–water partition coefficient (Wildman–Crippen LogP) is 4.39. The first-order valence-electron chi connectivity index (χ1n) is 5.68. The zero-order chi connectivity index (χ0) is 13.8. The van der Waals surface area contributed by atoms with Gasteiger partial charge in [0.2, 0.25) is 0 Å². The quantitative estimate of drug-likeness (QED) is 0.862. The van der Waals surface area contributed by atoms with E-state index in [1.54, 1.807) is 24.3 Å². The summed E-state index contributed by atoms with van der Waals surface area (Å²) in [6, 6.07) is 11.1. The van der Waals surface area contributed by atoms with E-state index in [1.165, 1.54) is 12.1 Å². The van der Waals surface area contributed by atoms with Gasteiger partial charge < -0.3 is 10.4 Å². The highest BCUT2D eigenvalue weighted by Crippen LogP contribution is 2.29. The first-order chi connectivity index (χ1) is 9.10. The maximum atomic E-state index is 13.1. The molecule has 2 N–H and O–H groups in total. The van der Waals surface area contributed by atoms with Gasteiger partial charge in [-0.2, -0.15) is 0 Å². The van der Waals surface area contributed by atoms with E-state index in [-0.39, 0.29) is 18.5 Å². The highest BCUT2D eigenvalue weighted by atomic mass is 79.9. The Hall–Kier alpha value is -1.10. The van der Waals surface area contributed by atoms with Crippen LogP contribution in [-0.4, -0.2) is 11.7 Å². The summed E-state index contributed by atoms with van der Waals surface area (Å²) < 4.78 is 14.0. The van der Waals surface area contributed by atoms with Crippen molar-refractivity contribution in [3.63, 3.8) is 0 Å². The van der Waals surface area contributed by atoms with Gasteiger partial charge >= 0.3 is 0 Å². The molecule has 0 bridgehead atoms. The van der Waals surface area contributed by atoms with Gasteiger partial charge in [0.1, 0.15) is 5.82 Å². The van der Waals surface area contributed by atoms with Crippen molar-refractivity contribution in [2.45, 2.75) is 6.04 Å². The fourth-order valence-electron chi connectivity index (χ4n) is 1.78. The van der Waals surface area contributed by atoms with Gasteiger partial charge in [0.05, 0.1) is 12.6 Å². The van der Waals surface area contributed by atoms with Crippen LogP contribution in [0.25, 0.3) is 0 Å². The number of halogens is 3. The molecule has 100 valence electrons. The molecule has 0 aromatic heterocycles. The summed E-state index contributed by atoms with van der Waals surface area (Å²) >= 11 is 9.37. The van der Waals surface area contributed by atoms with Crippen molar-refractivity contribution in [3.05, 3.63) is 63.3 Å². The second-order valence-corrected chi connectivity index (χ2v) is 5.35. The molecule has 0 aliphatic carbocycles. The third kappa shape index (κ3) is 3.69. The average molecular weight is 345 g/mol. The lowest BCUT2D eigenvalue weighted by Crippen LogP contribution is -2.15. The molecular weight excluding hydrogens is 333 g/mol. The third-order valence-corrected chi connectivity index (χ3v) is 3.64. The SMILES string of the molecule is OCC(Nc1cccc(F)c1)c1cc(Cl)ccc1Br. The molecule has 0 heterocycles. The van der Waals surface area contributed by atoms with Crippen LogP contribution in [0.15, 0.2) is 46.9 Å². The van der Waals surface area contributed by atoms with Crippen molar-refractivity contribution in [3.8, 4) is 0 Å². The summed E-state index contributed by atoms with van der Waals surface area (Å²) in [5, 5.41) is 13.2. The largest absolute Gasteiger partial charge is 0.394 e. The highest BCUT2D eigenvalue weighted by Gasteiger charge is 2.14. The highest BCUT2D eigenvalue weighted by molar-refractivity contribution is 9.10. The van der Waals surface area contributed by atoms with Crippen LogP contribution >= 0.6 is 27.5 Å². The van der Waals surface area contributed by atoms with E-state index < -0.39 is 0 Å². The van der Waals surface area contributed by atoms with Gasteiger partial charge in [-0.1, -0.05) is 33.6 Å². The van der Waals surface area contributed by atoms with E-state index >= 15 is 0 Å². The standard InChI is InChI=1S/C14H12BrClFNO/c15-13-5-4-9(16)6-12(13)14(8-19)18-11-3-1-2-10(17)7-11/h1-7,14,18-19H,8H2. The second-order valence-electron chi connectivity index (χ2n) is 4.06. The minimum atomic E-state index is -0.366. The number of anilines is 1. The van der Waals surface area contributed by atoms with Gasteiger partial charge in [0.15, 0.2) is 0 Å². The normalized spacial score (nSPS) is 12.2. The smallest absolute Gasteiger partial charge is 0.125 e. The monoisotopic (exact) mass is 343 g/mol. The van der Waals surface area contributed by atoms with Crippen LogP contribution in [0.4, 0.5) is 10.1 Å². The van der Waals surface area contributed by atoms with Gasteiger partial charge in [0.25, 0.3) is 0 Å². The Morgan fingerprint density at radius 1 is 1.26 bits per heavy atom. The van der Waals surface area contributed by atoms with Crippen LogP contribution in [0.2, 0.25) is 5.02 Å². The first kappa shape index (κ1) is 14.3. The number of hydrogen-bond donors (Lipinski definition) is 2. The fraction of sp³-hybridized carbons (Fsp3) is 0.143. The molecule has 5 heteroatoms.